The fourth-order valence-corrected chi connectivity index (χ4v) is 5.96. The summed E-state index contributed by atoms with van der Waals surface area (Å²) in [7, 11) is 0. The second-order valence-corrected chi connectivity index (χ2v) is 10.0. The minimum absolute atomic E-state index is 0.0641. The van der Waals surface area contributed by atoms with Gasteiger partial charge in [0.25, 0.3) is 5.56 Å². The zero-order chi connectivity index (χ0) is 24.2. The third-order valence-corrected chi connectivity index (χ3v) is 7.92. The molecule has 0 saturated carbocycles. The van der Waals surface area contributed by atoms with Crippen molar-refractivity contribution >= 4 is 44.9 Å². The number of nitrogens with one attached hydrogen (secondary N) is 1. The van der Waals surface area contributed by atoms with E-state index < -0.39 is 5.25 Å². The first-order valence-corrected chi connectivity index (χ1v) is 12.9. The van der Waals surface area contributed by atoms with E-state index in [1.54, 1.807) is 4.57 Å². The van der Waals surface area contributed by atoms with Crippen LogP contribution in [0.5, 0.6) is 5.75 Å². The number of rotatable bonds is 8. The van der Waals surface area contributed by atoms with Crippen molar-refractivity contribution in [3.63, 3.8) is 0 Å². The minimum Gasteiger partial charge on any atom is -0.492 e. The SMILES string of the molecule is CCOc1ccccc1NC(=O)C(Sc1nc2sc(C)c(C)c2c(=O)n1CC)c1ccccc1. The third kappa shape index (κ3) is 4.74. The Morgan fingerprint density at radius 3 is 2.53 bits per heavy atom. The van der Waals surface area contributed by atoms with Crippen LogP contribution in [-0.4, -0.2) is 22.1 Å². The molecule has 176 valence electrons. The van der Waals surface area contributed by atoms with E-state index in [1.165, 1.54) is 23.1 Å². The highest BCUT2D eigenvalue weighted by atomic mass is 32.2. The molecule has 1 unspecified atom stereocenters. The van der Waals surface area contributed by atoms with Gasteiger partial charge in [0.15, 0.2) is 5.16 Å². The van der Waals surface area contributed by atoms with E-state index in [0.717, 1.165) is 16.0 Å². The van der Waals surface area contributed by atoms with Gasteiger partial charge in [0, 0.05) is 11.4 Å². The monoisotopic (exact) mass is 493 g/mol. The van der Waals surface area contributed by atoms with E-state index >= 15 is 0 Å². The van der Waals surface area contributed by atoms with Crippen LogP contribution in [0.3, 0.4) is 0 Å². The fraction of sp³-hybridized carbons (Fsp3) is 0.269. The molecule has 0 aliphatic carbocycles. The number of thioether (sulfide) groups is 1. The van der Waals surface area contributed by atoms with E-state index in [1.807, 2.05) is 82.3 Å². The van der Waals surface area contributed by atoms with Gasteiger partial charge < -0.3 is 10.1 Å². The summed E-state index contributed by atoms with van der Waals surface area (Å²) in [6.07, 6.45) is 0. The molecule has 0 spiro atoms. The Morgan fingerprint density at radius 1 is 1.12 bits per heavy atom. The van der Waals surface area contributed by atoms with Crippen molar-refractivity contribution in [3.05, 3.63) is 81.0 Å². The lowest BCUT2D eigenvalue weighted by Gasteiger charge is -2.19. The Kier molecular flexibility index (Phi) is 7.38. The van der Waals surface area contributed by atoms with Crippen LogP contribution >= 0.6 is 23.1 Å². The lowest BCUT2D eigenvalue weighted by atomic mass is 10.1. The summed E-state index contributed by atoms with van der Waals surface area (Å²) in [6.45, 7) is 8.75. The largest absolute Gasteiger partial charge is 0.492 e. The van der Waals surface area contributed by atoms with E-state index in [-0.39, 0.29) is 11.5 Å². The highest BCUT2D eigenvalue weighted by Crippen LogP contribution is 2.37. The molecular weight excluding hydrogens is 466 g/mol. The highest BCUT2D eigenvalue weighted by Gasteiger charge is 2.26. The highest BCUT2D eigenvalue weighted by molar-refractivity contribution is 8.00. The van der Waals surface area contributed by atoms with E-state index in [4.69, 9.17) is 9.72 Å². The molecule has 8 heteroatoms. The van der Waals surface area contributed by atoms with Crippen molar-refractivity contribution in [1.29, 1.82) is 0 Å². The Morgan fingerprint density at radius 2 is 1.82 bits per heavy atom. The van der Waals surface area contributed by atoms with Gasteiger partial charge in [-0.1, -0.05) is 54.2 Å². The minimum atomic E-state index is -0.611. The molecule has 4 rings (SSSR count). The van der Waals surface area contributed by atoms with Gasteiger partial charge in [-0.15, -0.1) is 11.3 Å². The van der Waals surface area contributed by atoms with Crippen LogP contribution in [0.2, 0.25) is 0 Å². The van der Waals surface area contributed by atoms with Crippen LogP contribution < -0.4 is 15.6 Å². The second-order valence-electron chi connectivity index (χ2n) is 7.73. The Bertz CT molecular complexity index is 1380. The normalized spacial score (nSPS) is 12.0. The molecular formula is C26H27N3O3S2. The average Bonchev–Trinajstić information content (AvgIpc) is 3.12. The van der Waals surface area contributed by atoms with Crippen molar-refractivity contribution in [2.75, 3.05) is 11.9 Å². The number of hydrogen-bond donors (Lipinski definition) is 1. The van der Waals surface area contributed by atoms with Gasteiger partial charge in [-0.25, -0.2) is 4.98 Å². The molecule has 6 nitrogen and oxygen atoms in total. The molecule has 34 heavy (non-hydrogen) atoms. The molecule has 0 aliphatic heterocycles. The first-order chi connectivity index (χ1) is 16.4. The number of hydrogen-bond acceptors (Lipinski definition) is 6. The smallest absolute Gasteiger partial charge is 0.263 e. The zero-order valence-electron chi connectivity index (χ0n) is 19.6. The van der Waals surface area contributed by atoms with E-state index in [9.17, 15) is 9.59 Å². The number of aromatic nitrogens is 2. The number of carbonyl (C=O) groups is 1. The number of nitrogens with zero attached hydrogens (tertiary/aromatic N) is 2. The molecule has 1 N–H and O–H groups in total. The molecule has 1 atom stereocenters. The number of amides is 1. The molecule has 0 radical (unpaired) electrons. The number of para-hydroxylation sites is 2. The molecule has 2 aromatic heterocycles. The number of carbonyl (C=O) groups excluding carboxylic acids is 1. The summed E-state index contributed by atoms with van der Waals surface area (Å²) in [6, 6.07) is 16.9. The zero-order valence-corrected chi connectivity index (χ0v) is 21.3. The third-order valence-electron chi connectivity index (χ3n) is 5.58. The Balaban J connectivity index is 1.76. The predicted molar refractivity (Wildman–Crippen MR) is 140 cm³/mol. The molecule has 0 aliphatic rings. The summed E-state index contributed by atoms with van der Waals surface area (Å²) in [5.74, 6) is 0.406. The standard InChI is InChI=1S/C26H27N3O3S2/c1-5-29-25(31)21-16(3)17(4)33-24(21)28-26(29)34-22(18-12-8-7-9-13-18)23(30)27-19-14-10-11-15-20(19)32-6-2/h7-15,22H,5-6H2,1-4H3,(H,27,30). The van der Waals surface area contributed by atoms with Crippen LogP contribution in [0, 0.1) is 13.8 Å². The van der Waals surface area contributed by atoms with Gasteiger partial charge in [0.1, 0.15) is 15.8 Å². The lowest BCUT2D eigenvalue weighted by molar-refractivity contribution is -0.115. The summed E-state index contributed by atoms with van der Waals surface area (Å²) in [5, 5.41) is 3.61. The number of thiophene rings is 1. The molecule has 1 amide bonds. The van der Waals surface area contributed by atoms with Gasteiger partial charge in [0.05, 0.1) is 17.7 Å². The average molecular weight is 494 g/mol. The number of ether oxygens (including phenoxy) is 1. The fourth-order valence-electron chi connectivity index (χ4n) is 3.73. The molecule has 0 fully saturated rings. The van der Waals surface area contributed by atoms with Gasteiger partial charge in [-0.05, 0) is 51.0 Å². The Labute approximate surface area is 207 Å². The topological polar surface area (TPSA) is 73.2 Å². The maximum atomic E-state index is 13.6. The van der Waals surface area contributed by atoms with Crippen LogP contribution in [0.4, 0.5) is 5.69 Å². The predicted octanol–water partition coefficient (Wildman–Crippen LogP) is 5.97. The number of fused-ring (bicyclic) bond motifs is 1. The van der Waals surface area contributed by atoms with Gasteiger partial charge in [-0.2, -0.15) is 0 Å². The van der Waals surface area contributed by atoms with Crippen molar-refractivity contribution in [1.82, 2.24) is 9.55 Å². The first-order valence-electron chi connectivity index (χ1n) is 11.2. The molecule has 0 bridgehead atoms. The van der Waals surface area contributed by atoms with Gasteiger partial charge in [-0.3, -0.25) is 14.2 Å². The number of anilines is 1. The van der Waals surface area contributed by atoms with Crippen LogP contribution in [-0.2, 0) is 11.3 Å². The first kappa shape index (κ1) is 24.0. The molecule has 4 aromatic rings. The van der Waals surface area contributed by atoms with E-state index in [0.29, 0.717) is 40.0 Å². The van der Waals surface area contributed by atoms with Crippen LogP contribution in [0.1, 0.15) is 35.1 Å². The second kappa shape index (κ2) is 10.4. The van der Waals surface area contributed by atoms with Crippen molar-refractivity contribution in [2.45, 2.75) is 44.6 Å². The number of aryl methyl sites for hydroxylation is 2. The number of benzene rings is 2. The van der Waals surface area contributed by atoms with Gasteiger partial charge in [0.2, 0.25) is 5.91 Å². The summed E-state index contributed by atoms with van der Waals surface area (Å²) in [4.78, 5) is 33.5. The van der Waals surface area contributed by atoms with Crippen molar-refractivity contribution in [3.8, 4) is 5.75 Å². The summed E-state index contributed by atoms with van der Waals surface area (Å²) < 4.78 is 7.33. The molecule has 2 aromatic carbocycles. The quantitative estimate of drug-likeness (QED) is 0.242. The van der Waals surface area contributed by atoms with Crippen molar-refractivity contribution < 1.29 is 9.53 Å². The summed E-state index contributed by atoms with van der Waals surface area (Å²) >= 11 is 2.80. The van der Waals surface area contributed by atoms with Gasteiger partial charge >= 0.3 is 0 Å². The molecule has 0 saturated heterocycles. The maximum absolute atomic E-state index is 13.6. The molecule has 2 heterocycles. The summed E-state index contributed by atoms with van der Waals surface area (Å²) in [5.41, 5.74) is 2.35. The Hall–Kier alpha value is -3.10. The van der Waals surface area contributed by atoms with E-state index in [2.05, 4.69) is 5.32 Å². The maximum Gasteiger partial charge on any atom is 0.263 e. The van der Waals surface area contributed by atoms with Crippen molar-refractivity contribution in [2.24, 2.45) is 0 Å². The van der Waals surface area contributed by atoms with Crippen LogP contribution in [0.25, 0.3) is 10.2 Å². The lowest BCUT2D eigenvalue weighted by Crippen LogP contribution is -2.25. The van der Waals surface area contributed by atoms with Crippen LogP contribution in [0.15, 0.2) is 64.5 Å².